The van der Waals surface area contributed by atoms with Crippen molar-refractivity contribution in [1.29, 1.82) is 0 Å². The zero-order valence-corrected chi connectivity index (χ0v) is 12.7. The number of halogens is 1. The summed E-state index contributed by atoms with van der Waals surface area (Å²) in [5.74, 6) is -1.08. The second kappa shape index (κ2) is 6.13. The van der Waals surface area contributed by atoms with Crippen LogP contribution in [0.1, 0.15) is 26.3 Å². The van der Waals surface area contributed by atoms with Crippen molar-refractivity contribution in [2.45, 2.75) is 33.7 Å². The average molecular weight is 299 g/mol. The summed E-state index contributed by atoms with van der Waals surface area (Å²) in [4.78, 5) is 23.1. The van der Waals surface area contributed by atoms with Gasteiger partial charge in [0.1, 0.15) is 6.04 Å². The number of urea groups is 1. The molecule has 0 fully saturated rings. The lowest BCUT2D eigenvalue weighted by Crippen LogP contribution is -2.50. The second-order valence-corrected chi connectivity index (χ2v) is 6.07. The van der Waals surface area contributed by atoms with Crippen molar-refractivity contribution in [2.75, 3.05) is 5.32 Å². The second-order valence-electron chi connectivity index (χ2n) is 5.67. The third-order valence-electron chi connectivity index (χ3n) is 2.85. The fourth-order valence-electron chi connectivity index (χ4n) is 1.72. The maximum atomic E-state index is 11.9. The van der Waals surface area contributed by atoms with Crippen LogP contribution in [-0.2, 0) is 4.79 Å². The molecule has 0 aliphatic carbocycles. The molecule has 6 heteroatoms. The van der Waals surface area contributed by atoms with Crippen LogP contribution in [0.3, 0.4) is 0 Å². The summed E-state index contributed by atoms with van der Waals surface area (Å²) in [6.07, 6.45) is 0. The van der Waals surface area contributed by atoms with Gasteiger partial charge in [-0.05, 0) is 24.0 Å². The number of nitrogens with one attached hydrogen (secondary N) is 2. The highest BCUT2D eigenvalue weighted by Crippen LogP contribution is 2.25. The largest absolute Gasteiger partial charge is 0.480 e. The fourth-order valence-corrected chi connectivity index (χ4v) is 1.99. The molecule has 0 spiro atoms. The fraction of sp³-hybridized carbons (Fsp3) is 0.429. The van der Waals surface area contributed by atoms with E-state index in [0.29, 0.717) is 10.7 Å². The number of aryl methyl sites for hydroxylation is 1. The van der Waals surface area contributed by atoms with E-state index in [9.17, 15) is 9.59 Å². The monoisotopic (exact) mass is 298 g/mol. The Hall–Kier alpha value is -1.75. The van der Waals surface area contributed by atoms with Gasteiger partial charge in [-0.15, -0.1) is 0 Å². The summed E-state index contributed by atoms with van der Waals surface area (Å²) >= 11 is 6.00. The summed E-state index contributed by atoms with van der Waals surface area (Å²) in [5, 5.41) is 14.6. The number of amides is 2. The van der Waals surface area contributed by atoms with Gasteiger partial charge in [0.05, 0.1) is 10.7 Å². The number of anilines is 1. The Morgan fingerprint density at radius 3 is 2.35 bits per heavy atom. The van der Waals surface area contributed by atoms with Gasteiger partial charge in [-0.2, -0.15) is 0 Å². The molecule has 0 saturated carbocycles. The van der Waals surface area contributed by atoms with Crippen LogP contribution in [0.5, 0.6) is 0 Å². The van der Waals surface area contributed by atoms with Crippen LogP contribution in [0.2, 0.25) is 5.02 Å². The van der Waals surface area contributed by atoms with Crippen LogP contribution in [0.25, 0.3) is 0 Å². The number of carboxylic acid groups (broad SMARTS) is 1. The Morgan fingerprint density at radius 2 is 1.90 bits per heavy atom. The molecular formula is C14H19ClN2O3. The molecule has 1 atom stereocenters. The third-order valence-corrected chi connectivity index (χ3v) is 3.16. The van der Waals surface area contributed by atoms with E-state index in [1.54, 1.807) is 45.9 Å². The Morgan fingerprint density at radius 1 is 1.30 bits per heavy atom. The number of carboxylic acids is 1. The summed E-state index contributed by atoms with van der Waals surface area (Å²) in [7, 11) is 0. The molecule has 1 aromatic rings. The Kier molecular flexibility index (Phi) is 5.00. The molecular weight excluding hydrogens is 280 g/mol. The van der Waals surface area contributed by atoms with Gasteiger partial charge in [0.2, 0.25) is 0 Å². The first-order valence-corrected chi connectivity index (χ1v) is 6.56. The van der Waals surface area contributed by atoms with Gasteiger partial charge >= 0.3 is 12.0 Å². The molecule has 1 unspecified atom stereocenters. The maximum Gasteiger partial charge on any atom is 0.326 e. The number of benzene rings is 1. The summed E-state index contributed by atoms with van der Waals surface area (Å²) in [6, 6.07) is 3.65. The number of carbonyl (C=O) groups excluding carboxylic acids is 1. The van der Waals surface area contributed by atoms with Crippen molar-refractivity contribution >= 4 is 29.3 Å². The lowest BCUT2D eigenvalue weighted by atomic mass is 9.87. The molecule has 1 rings (SSSR count). The van der Waals surface area contributed by atoms with Gasteiger partial charge in [-0.3, -0.25) is 0 Å². The van der Waals surface area contributed by atoms with Gasteiger partial charge in [-0.1, -0.05) is 44.5 Å². The van der Waals surface area contributed by atoms with Crippen molar-refractivity contribution in [1.82, 2.24) is 5.32 Å². The van der Waals surface area contributed by atoms with E-state index < -0.39 is 23.5 Å². The number of para-hydroxylation sites is 1. The van der Waals surface area contributed by atoms with Crippen molar-refractivity contribution in [3.8, 4) is 0 Å². The molecule has 20 heavy (non-hydrogen) atoms. The number of hydrogen-bond donors (Lipinski definition) is 3. The van der Waals surface area contributed by atoms with Crippen molar-refractivity contribution in [3.63, 3.8) is 0 Å². The molecule has 0 bridgehead atoms. The molecule has 5 nitrogen and oxygen atoms in total. The highest BCUT2D eigenvalue weighted by Gasteiger charge is 2.32. The third kappa shape index (κ3) is 4.13. The van der Waals surface area contributed by atoms with Crippen LogP contribution < -0.4 is 10.6 Å². The Labute approximate surface area is 123 Å². The maximum absolute atomic E-state index is 11.9. The van der Waals surface area contributed by atoms with Crippen molar-refractivity contribution < 1.29 is 14.7 Å². The molecule has 0 radical (unpaired) electrons. The van der Waals surface area contributed by atoms with Gasteiger partial charge in [0, 0.05) is 0 Å². The first-order chi connectivity index (χ1) is 9.12. The van der Waals surface area contributed by atoms with Crippen LogP contribution >= 0.6 is 11.6 Å². The Bertz CT molecular complexity index is 503. The molecule has 0 heterocycles. The van der Waals surface area contributed by atoms with Crippen LogP contribution in [0.4, 0.5) is 10.5 Å². The molecule has 0 aromatic heterocycles. The van der Waals surface area contributed by atoms with Crippen LogP contribution in [-0.4, -0.2) is 23.1 Å². The van der Waals surface area contributed by atoms with E-state index in [1.165, 1.54) is 0 Å². The van der Waals surface area contributed by atoms with E-state index in [2.05, 4.69) is 10.6 Å². The zero-order valence-electron chi connectivity index (χ0n) is 12.0. The molecule has 3 N–H and O–H groups in total. The number of aliphatic carboxylic acids is 1. The standard InChI is InChI=1S/C14H19ClN2O3/c1-8-6-5-7-9(15)10(8)16-13(20)17-11(12(18)19)14(2,3)4/h5-7,11H,1-4H3,(H,18,19)(H2,16,17,20). The van der Waals surface area contributed by atoms with E-state index in [0.717, 1.165) is 5.56 Å². The highest BCUT2D eigenvalue weighted by atomic mass is 35.5. The predicted molar refractivity (Wildman–Crippen MR) is 79.2 cm³/mol. The Balaban J connectivity index is 2.84. The van der Waals surface area contributed by atoms with Gasteiger partial charge in [0.25, 0.3) is 0 Å². The SMILES string of the molecule is Cc1cccc(Cl)c1NC(=O)NC(C(=O)O)C(C)(C)C. The first kappa shape index (κ1) is 16.3. The van der Waals surface area contributed by atoms with Crippen molar-refractivity contribution in [2.24, 2.45) is 5.41 Å². The molecule has 0 aliphatic heterocycles. The first-order valence-electron chi connectivity index (χ1n) is 6.18. The lowest BCUT2D eigenvalue weighted by Gasteiger charge is -2.27. The van der Waals surface area contributed by atoms with E-state index in [4.69, 9.17) is 16.7 Å². The molecule has 2 amide bonds. The summed E-state index contributed by atoms with van der Waals surface area (Å²) in [6.45, 7) is 7.03. The quantitative estimate of drug-likeness (QED) is 0.801. The lowest BCUT2D eigenvalue weighted by molar-refractivity contribution is -0.141. The minimum absolute atomic E-state index is 0.405. The van der Waals surface area contributed by atoms with Gasteiger partial charge in [0.15, 0.2) is 0 Å². The predicted octanol–water partition coefficient (Wildman–Crippen LogP) is 3.27. The molecule has 1 aromatic carbocycles. The van der Waals surface area contributed by atoms with Gasteiger partial charge in [-0.25, -0.2) is 9.59 Å². The van der Waals surface area contributed by atoms with Crippen LogP contribution in [0, 0.1) is 12.3 Å². The van der Waals surface area contributed by atoms with E-state index in [1.807, 2.05) is 0 Å². The summed E-state index contributed by atoms with van der Waals surface area (Å²) < 4.78 is 0. The smallest absolute Gasteiger partial charge is 0.326 e. The normalized spacial score (nSPS) is 12.7. The number of hydrogen-bond acceptors (Lipinski definition) is 2. The van der Waals surface area contributed by atoms with Crippen molar-refractivity contribution in [3.05, 3.63) is 28.8 Å². The van der Waals surface area contributed by atoms with E-state index in [-0.39, 0.29) is 0 Å². The molecule has 0 saturated heterocycles. The molecule has 110 valence electrons. The summed E-state index contributed by atoms with van der Waals surface area (Å²) in [5.41, 5.74) is 0.679. The molecule has 0 aliphatic rings. The topological polar surface area (TPSA) is 78.4 Å². The highest BCUT2D eigenvalue weighted by molar-refractivity contribution is 6.33. The number of rotatable bonds is 3. The minimum atomic E-state index is -1.08. The number of carbonyl (C=O) groups is 2. The van der Waals surface area contributed by atoms with Crippen LogP contribution in [0.15, 0.2) is 18.2 Å². The zero-order chi connectivity index (χ0) is 15.5. The van der Waals surface area contributed by atoms with Gasteiger partial charge < -0.3 is 15.7 Å². The minimum Gasteiger partial charge on any atom is -0.480 e. The van der Waals surface area contributed by atoms with E-state index >= 15 is 0 Å². The average Bonchev–Trinajstić information content (AvgIpc) is 2.29.